The molecule has 2 amide bonds. The Morgan fingerprint density at radius 1 is 1.12 bits per heavy atom. The quantitative estimate of drug-likeness (QED) is 0.316. The van der Waals surface area contributed by atoms with Gasteiger partial charge in [-0.2, -0.15) is 0 Å². The summed E-state index contributed by atoms with van der Waals surface area (Å²) in [6.45, 7) is 3.86. The highest BCUT2D eigenvalue weighted by Crippen LogP contribution is 2.58. The van der Waals surface area contributed by atoms with Crippen molar-refractivity contribution in [1.82, 2.24) is 19.6 Å². The average molecular weight is 731 g/mol. The van der Waals surface area contributed by atoms with Gasteiger partial charge in [-0.25, -0.2) is 18.4 Å². The van der Waals surface area contributed by atoms with Crippen LogP contribution in [-0.2, 0) is 37.2 Å². The van der Waals surface area contributed by atoms with E-state index in [0.29, 0.717) is 44.9 Å². The Labute approximate surface area is 303 Å². The Bertz CT molecular complexity index is 2030. The van der Waals surface area contributed by atoms with Gasteiger partial charge in [0.15, 0.2) is 5.78 Å². The summed E-state index contributed by atoms with van der Waals surface area (Å²) in [6.07, 6.45) is 13.5. The standard InChI is InChI=1S/C39H46N4O6S2/c1-25-34-29(28-12-8-9-13-30(28)41-25)14-15-38(49-34)22-31-32(44)23-39(36(46)42-51(47,48)37(2)16-17-37)21-27(39)11-7-5-3-4-6-10-26(35(45)43(31)24-38)20-33-40-18-19-50-33/h7-9,11-13,18-19,26-27,31H,3-6,10,14-17,20-24H2,1-2H3,(H,42,46)/b11-7-/t26-,27-,31+,38-,39-/m1/s1. The predicted molar refractivity (Wildman–Crippen MR) is 195 cm³/mol. The Balaban J connectivity index is 1.14. The summed E-state index contributed by atoms with van der Waals surface area (Å²) in [4.78, 5) is 54.5. The predicted octanol–water partition coefficient (Wildman–Crippen LogP) is 6.01. The van der Waals surface area contributed by atoms with Crippen molar-refractivity contribution in [1.29, 1.82) is 0 Å². The molecule has 2 aliphatic carbocycles. The lowest BCUT2D eigenvalue weighted by molar-refractivity contribution is -0.142. The van der Waals surface area contributed by atoms with Crippen molar-refractivity contribution in [3.63, 3.8) is 0 Å². The number of nitrogens with zero attached hydrogens (tertiary/aromatic N) is 3. The molecule has 5 aliphatic rings. The number of ether oxygens (including phenoxy) is 1. The molecule has 0 bridgehead atoms. The normalized spacial score (nSPS) is 31.1. The number of para-hydroxylation sites is 1. The van der Waals surface area contributed by atoms with Crippen LogP contribution in [0.1, 0.15) is 93.8 Å². The Morgan fingerprint density at radius 3 is 2.73 bits per heavy atom. The number of hydrogen-bond donors (Lipinski definition) is 1. The van der Waals surface area contributed by atoms with E-state index in [2.05, 4.69) is 21.8 Å². The average Bonchev–Trinajstić information content (AvgIpc) is 3.89. The first-order valence-electron chi connectivity index (χ1n) is 18.4. The molecule has 3 aromatic rings. The molecule has 3 fully saturated rings. The van der Waals surface area contributed by atoms with E-state index >= 15 is 0 Å². The molecule has 1 N–H and O–H groups in total. The number of carbonyl (C=O) groups excluding carboxylic acids is 3. The zero-order valence-electron chi connectivity index (χ0n) is 29.4. The highest BCUT2D eigenvalue weighted by atomic mass is 32.2. The number of pyridine rings is 1. The number of Topliss-reactive ketones (excluding diaryl/α,β-unsaturated/α-hetero) is 1. The van der Waals surface area contributed by atoms with Gasteiger partial charge in [0.05, 0.1) is 39.0 Å². The fourth-order valence-electron chi connectivity index (χ4n) is 8.68. The van der Waals surface area contributed by atoms with Gasteiger partial charge < -0.3 is 9.64 Å². The van der Waals surface area contributed by atoms with Crippen LogP contribution < -0.4 is 9.46 Å². The summed E-state index contributed by atoms with van der Waals surface area (Å²) >= 11 is 1.53. The van der Waals surface area contributed by atoms with Gasteiger partial charge in [0.2, 0.25) is 21.8 Å². The van der Waals surface area contributed by atoms with Crippen molar-refractivity contribution >= 4 is 49.9 Å². The van der Waals surface area contributed by atoms with Crippen LogP contribution in [0.15, 0.2) is 48.0 Å². The van der Waals surface area contributed by atoms with Crippen LogP contribution in [0.3, 0.4) is 0 Å². The molecule has 10 nitrogen and oxygen atoms in total. The fraction of sp³-hybridized carbons (Fsp3) is 0.564. The van der Waals surface area contributed by atoms with Crippen molar-refractivity contribution in [2.45, 2.75) is 114 Å². The number of fused-ring (bicyclic) bond motifs is 5. The van der Waals surface area contributed by atoms with Crippen LogP contribution in [-0.4, -0.2) is 63.8 Å². The first-order valence-corrected chi connectivity index (χ1v) is 20.8. The number of allylic oxidation sites excluding steroid dienone is 2. The summed E-state index contributed by atoms with van der Waals surface area (Å²) in [5, 5.41) is 3.86. The SMILES string of the molecule is Cc1nc2ccccc2c2c1O[C@]1(CC2)C[C@H]2C(=O)C[C@]3(C(=O)NS(=O)(=O)C4(C)CC4)C[C@H]3/C=C\CCCCC[C@H](Cc3nccs3)C(=O)N2C1. The largest absolute Gasteiger partial charge is 0.483 e. The van der Waals surface area contributed by atoms with Crippen LogP contribution in [0.5, 0.6) is 5.75 Å². The zero-order chi connectivity index (χ0) is 35.6. The van der Waals surface area contributed by atoms with Crippen LogP contribution in [0.2, 0.25) is 0 Å². The van der Waals surface area contributed by atoms with E-state index in [-0.39, 0.29) is 36.5 Å². The van der Waals surface area contributed by atoms with Crippen molar-refractivity contribution in [3.8, 4) is 5.75 Å². The molecule has 51 heavy (non-hydrogen) atoms. The van der Waals surface area contributed by atoms with Crippen molar-refractivity contribution in [2.75, 3.05) is 6.54 Å². The number of hydrogen-bond acceptors (Lipinski definition) is 9. The molecule has 1 spiro atoms. The summed E-state index contributed by atoms with van der Waals surface area (Å²) in [7, 11) is -3.89. The fourth-order valence-corrected chi connectivity index (χ4v) is 10.7. The van der Waals surface area contributed by atoms with E-state index in [1.807, 2.05) is 36.6 Å². The Kier molecular flexibility index (Phi) is 8.64. The van der Waals surface area contributed by atoms with Gasteiger partial charge in [-0.05, 0) is 77.2 Å². The van der Waals surface area contributed by atoms with Gasteiger partial charge in [-0.1, -0.05) is 43.2 Å². The number of aryl methyl sites for hydroxylation is 2. The van der Waals surface area contributed by atoms with Gasteiger partial charge in [-0.3, -0.25) is 19.1 Å². The number of ketones is 1. The van der Waals surface area contributed by atoms with E-state index in [4.69, 9.17) is 9.72 Å². The van der Waals surface area contributed by atoms with Gasteiger partial charge >= 0.3 is 0 Å². The van der Waals surface area contributed by atoms with Crippen LogP contribution >= 0.6 is 11.3 Å². The van der Waals surface area contributed by atoms with Crippen LogP contribution in [0, 0.1) is 24.2 Å². The molecular formula is C39H46N4O6S2. The molecule has 5 heterocycles. The Hall–Kier alpha value is -3.64. The van der Waals surface area contributed by atoms with Crippen LogP contribution in [0.25, 0.3) is 10.9 Å². The van der Waals surface area contributed by atoms with Gasteiger partial charge in [0.25, 0.3) is 0 Å². The minimum Gasteiger partial charge on any atom is -0.483 e. The molecule has 12 heteroatoms. The lowest BCUT2D eigenvalue weighted by Crippen LogP contribution is -2.48. The molecule has 0 radical (unpaired) electrons. The van der Waals surface area contributed by atoms with Gasteiger partial charge in [0.1, 0.15) is 11.4 Å². The number of thiazole rings is 1. The molecule has 1 aromatic carbocycles. The summed E-state index contributed by atoms with van der Waals surface area (Å²) in [5.74, 6) is -0.764. The maximum Gasteiger partial charge on any atom is 0.240 e. The summed E-state index contributed by atoms with van der Waals surface area (Å²) < 4.78 is 34.8. The number of rotatable bonds is 5. The van der Waals surface area contributed by atoms with Gasteiger partial charge in [-0.15, -0.1) is 11.3 Å². The zero-order valence-corrected chi connectivity index (χ0v) is 31.0. The van der Waals surface area contributed by atoms with E-state index in [1.165, 1.54) is 11.3 Å². The third-order valence-electron chi connectivity index (χ3n) is 12.3. The molecule has 8 rings (SSSR count). The third kappa shape index (κ3) is 6.30. The van der Waals surface area contributed by atoms with E-state index in [9.17, 15) is 22.8 Å². The molecule has 3 aliphatic heterocycles. The van der Waals surface area contributed by atoms with Crippen LogP contribution in [0.4, 0.5) is 0 Å². The first kappa shape index (κ1) is 34.4. The lowest BCUT2D eigenvalue weighted by Gasteiger charge is -2.36. The van der Waals surface area contributed by atoms with Crippen molar-refractivity contribution < 1.29 is 27.5 Å². The maximum atomic E-state index is 14.8. The van der Waals surface area contributed by atoms with E-state index in [0.717, 1.165) is 65.0 Å². The van der Waals surface area contributed by atoms with E-state index < -0.39 is 37.7 Å². The topological polar surface area (TPSA) is 136 Å². The number of benzene rings is 1. The molecular weight excluding hydrogens is 685 g/mol. The number of aromatic nitrogens is 2. The summed E-state index contributed by atoms with van der Waals surface area (Å²) in [6, 6.07) is 7.24. The smallest absolute Gasteiger partial charge is 0.240 e. The van der Waals surface area contributed by atoms with Crippen molar-refractivity contribution in [2.24, 2.45) is 17.3 Å². The molecule has 270 valence electrons. The Morgan fingerprint density at radius 2 is 1.94 bits per heavy atom. The molecule has 2 saturated carbocycles. The minimum atomic E-state index is -3.89. The lowest BCUT2D eigenvalue weighted by atomic mass is 9.85. The highest BCUT2D eigenvalue weighted by molar-refractivity contribution is 7.91. The minimum absolute atomic E-state index is 0.0775. The number of amides is 2. The number of carbonyl (C=O) groups is 3. The number of nitrogens with one attached hydrogen (secondary N) is 1. The summed E-state index contributed by atoms with van der Waals surface area (Å²) in [5.41, 5.74) is 0.826. The monoisotopic (exact) mass is 730 g/mol. The van der Waals surface area contributed by atoms with Gasteiger partial charge in [0, 0.05) is 47.7 Å². The second-order valence-corrected chi connectivity index (χ2v) is 19.1. The molecule has 0 unspecified atom stereocenters. The third-order valence-corrected chi connectivity index (χ3v) is 15.2. The van der Waals surface area contributed by atoms with Crippen molar-refractivity contribution in [3.05, 3.63) is 64.3 Å². The number of sulfonamides is 1. The maximum absolute atomic E-state index is 14.8. The molecule has 2 aromatic heterocycles. The molecule has 1 saturated heterocycles. The first-order chi connectivity index (χ1) is 24.4. The second-order valence-electron chi connectivity index (χ2n) is 15.9. The van der Waals surface area contributed by atoms with E-state index in [1.54, 1.807) is 18.0 Å². The highest BCUT2D eigenvalue weighted by Gasteiger charge is 2.63. The molecule has 5 atom stereocenters. The second kappa shape index (κ2) is 12.8.